The van der Waals surface area contributed by atoms with Gasteiger partial charge in [0.05, 0.1) is 11.4 Å². The maximum absolute atomic E-state index is 12.8. The van der Waals surface area contributed by atoms with E-state index >= 15 is 0 Å². The van der Waals surface area contributed by atoms with Crippen LogP contribution in [0.1, 0.15) is 30.0 Å². The molecule has 1 aromatic carbocycles. The first-order valence-corrected chi connectivity index (χ1v) is 10.5. The molecule has 0 radical (unpaired) electrons. The Kier molecular flexibility index (Phi) is 7.08. The fourth-order valence-corrected chi connectivity index (χ4v) is 4.21. The number of amides is 1. The Balaban J connectivity index is 2.04. The summed E-state index contributed by atoms with van der Waals surface area (Å²) in [6.45, 7) is 3.64. The van der Waals surface area contributed by atoms with Gasteiger partial charge < -0.3 is 5.32 Å². The number of alkyl halides is 3. The van der Waals surface area contributed by atoms with E-state index in [-0.39, 0.29) is 23.5 Å². The third kappa shape index (κ3) is 4.90. The summed E-state index contributed by atoms with van der Waals surface area (Å²) in [6.07, 6.45) is -4.77. The molecule has 0 unspecified atom stereocenters. The zero-order chi connectivity index (χ0) is 22.7. The monoisotopic (exact) mass is 449 g/mol. The Labute approximate surface area is 171 Å². The summed E-state index contributed by atoms with van der Waals surface area (Å²) in [4.78, 5) is 24.0. The van der Waals surface area contributed by atoms with Crippen LogP contribution in [-0.2, 0) is 29.8 Å². The van der Waals surface area contributed by atoms with Gasteiger partial charge in [0.15, 0.2) is 0 Å². The first-order valence-electron chi connectivity index (χ1n) is 9.02. The van der Waals surface area contributed by atoms with Crippen LogP contribution in [0.25, 0.3) is 0 Å². The van der Waals surface area contributed by atoms with Gasteiger partial charge >= 0.3 is 11.9 Å². The summed E-state index contributed by atoms with van der Waals surface area (Å²) in [6, 6.07) is 5.28. The van der Waals surface area contributed by atoms with Crippen LogP contribution < -0.4 is 11.0 Å². The first-order chi connectivity index (χ1) is 13.9. The molecule has 1 heterocycles. The molecule has 1 amide bonds. The maximum Gasteiger partial charge on any atom is 0.451 e. The van der Waals surface area contributed by atoms with Crippen molar-refractivity contribution >= 4 is 15.9 Å². The second-order valence-electron chi connectivity index (χ2n) is 6.26. The van der Waals surface area contributed by atoms with Gasteiger partial charge in [0, 0.05) is 32.2 Å². The Morgan fingerprint density at radius 3 is 2.20 bits per heavy atom. The minimum Gasteiger partial charge on any atom is -0.350 e. The van der Waals surface area contributed by atoms with Gasteiger partial charge in [-0.1, -0.05) is 13.8 Å². The molecule has 13 heteroatoms. The highest BCUT2D eigenvalue weighted by molar-refractivity contribution is 7.89. The van der Waals surface area contributed by atoms with E-state index in [1.807, 2.05) is 0 Å². The lowest BCUT2D eigenvalue weighted by molar-refractivity contribution is -0.147. The molecule has 0 aliphatic rings. The molecule has 0 aliphatic carbocycles. The minimum atomic E-state index is -4.77. The van der Waals surface area contributed by atoms with Gasteiger partial charge in [-0.15, -0.1) is 5.10 Å². The van der Waals surface area contributed by atoms with Crippen molar-refractivity contribution in [1.29, 1.82) is 0 Å². The molecule has 0 fully saturated rings. The number of aromatic nitrogens is 3. The minimum absolute atomic E-state index is 0.0440. The van der Waals surface area contributed by atoms with E-state index in [4.69, 9.17) is 0 Å². The second kappa shape index (κ2) is 9.00. The molecule has 2 rings (SSSR count). The zero-order valence-electron chi connectivity index (χ0n) is 16.6. The number of nitrogens with one attached hydrogen (secondary N) is 1. The molecular weight excluding hydrogens is 427 g/mol. The van der Waals surface area contributed by atoms with E-state index in [2.05, 4.69) is 10.4 Å². The van der Waals surface area contributed by atoms with Gasteiger partial charge in [0.2, 0.25) is 15.8 Å². The molecule has 0 bridgehead atoms. The van der Waals surface area contributed by atoms with Crippen molar-refractivity contribution in [1.82, 2.24) is 24.0 Å². The summed E-state index contributed by atoms with van der Waals surface area (Å²) in [5.74, 6) is -1.90. The number of carbonyl (C=O) groups excluding carboxylic acids is 1. The van der Waals surface area contributed by atoms with Crippen LogP contribution in [0.3, 0.4) is 0 Å². The molecule has 1 N–H and O–H groups in total. The van der Waals surface area contributed by atoms with Gasteiger partial charge in [-0.3, -0.25) is 9.36 Å². The van der Waals surface area contributed by atoms with Gasteiger partial charge in [-0.2, -0.15) is 17.5 Å². The van der Waals surface area contributed by atoms with Crippen LogP contribution in [-0.4, -0.2) is 52.6 Å². The van der Waals surface area contributed by atoms with Gasteiger partial charge in [-0.25, -0.2) is 17.9 Å². The fraction of sp³-hybridized carbons (Fsp3) is 0.471. The van der Waals surface area contributed by atoms with Crippen LogP contribution in [0.2, 0.25) is 0 Å². The quantitative estimate of drug-likeness (QED) is 0.649. The SMILES string of the molecule is CCN(CC)S(=O)(=O)c1ccc(C(=O)NCCn2nc(C(F)(F)F)n(C)c2=O)cc1. The van der Waals surface area contributed by atoms with Gasteiger partial charge in [0.1, 0.15) is 0 Å². The molecule has 0 saturated carbocycles. The first kappa shape index (κ1) is 23.6. The highest BCUT2D eigenvalue weighted by Crippen LogP contribution is 2.25. The fourth-order valence-electron chi connectivity index (χ4n) is 2.75. The van der Waals surface area contributed by atoms with Crippen LogP contribution in [0.15, 0.2) is 34.0 Å². The third-order valence-corrected chi connectivity index (χ3v) is 6.43. The number of hydrogen-bond donors (Lipinski definition) is 1. The topological polar surface area (TPSA) is 106 Å². The van der Waals surface area contributed by atoms with Gasteiger partial charge in [0.25, 0.3) is 5.91 Å². The van der Waals surface area contributed by atoms with E-state index in [9.17, 15) is 31.2 Å². The standard InChI is InChI=1S/C17H22F3N5O4S/c1-4-24(5-2)30(28,29)13-8-6-12(7-9-13)14(26)21-10-11-25-16(27)23(3)15(22-25)17(18,19)20/h6-9H,4-5,10-11H2,1-3H3,(H,21,26). The number of benzene rings is 1. The smallest absolute Gasteiger partial charge is 0.350 e. The summed E-state index contributed by atoms with van der Waals surface area (Å²) in [5.41, 5.74) is -0.791. The molecule has 0 atom stereocenters. The van der Waals surface area contributed by atoms with Crippen LogP contribution in [0.5, 0.6) is 0 Å². The lowest BCUT2D eigenvalue weighted by Crippen LogP contribution is -2.32. The van der Waals surface area contributed by atoms with E-state index in [0.717, 1.165) is 7.05 Å². The van der Waals surface area contributed by atoms with Crippen molar-refractivity contribution in [2.75, 3.05) is 19.6 Å². The number of rotatable bonds is 8. The number of halogens is 3. The Morgan fingerprint density at radius 2 is 1.73 bits per heavy atom. The van der Waals surface area contributed by atoms with E-state index < -0.39 is 33.6 Å². The van der Waals surface area contributed by atoms with Crippen molar-refractivity contribution in [3.8, 4) is 0 Å². The van der Waals surface area contributed by atoms with Crippen LogP contribution in [0.4, 0.5) is 13.2 Å². The predicted molar refractivity (Wildman–Crippen MR) is 101 cm³/mol. The molecule has 2 aromatic rings. The average molecular weight is 449 g/mol. The average Bonchev–Trinajstić information content (AvgIpc) is 2.97. The second-order valence-corrected chi connectivity index (χ2v) is 8.19. The van der Waals surface area contributed by atoms with Crippen molar-refractivity contribution in [3.63, 3.8) is 0 Å². The number of carbonyl (C=O) groups is 1. The number of hydrogen-bond acceptors (Lipinski definition) is 5. The van der Waals surface area contributed by atoms with Crippen molar-refractivity contribution < 1.29 is 26.4 Å². The van der Waals surface area contributed by atoms with Gasteiger partial charge in [-0.05, 0) is 24.3 Å². The number of sulfonamides is 1. The highest BCUT2D eigenvalue weighted by atomic mass is 32.2. The zero-order valence-corrected chi connectivity index (χ0v) is 17.4. The van der Waals surface area contributed by atoms with Crippen LogP contribution in [0, 0.1) is 0 Å². The molecule has 0 saturated heterocycles. The summed E-state index contributed by atoms with van der Waals surface area (Å²) < 4.78 is 65.5. The largest absolute Gasteiger partial charge is 0.451 e. The lowest BCUT2D eigenvalue weighted by Gasteiger charge is -2.18. The predicted octanol–water partition coefficient (Wildman–Crippen LogP) is 1.06. The summed E-state index contributed by atoms with van der Waals surface area (Å²) in [7, 11) is -2.69. The normalized spacial score (nSPS) is 12.4. The summed E-state index contributed by atoms with van der Waals surface area (Å²) >= 11 is 0. The summed E-state index contributed by atoms with van der Waals surface area (Å²) in [5, 5.41) is 5.70. The van der Waals surface area contributed by atoms with Crippen molar-refractivity contribution in [2.24, 2.45) is 7.05 Å². The molecule has 166 valence electrons. The van der Waals surface area contributed by atoms with E-state index in [0.29, 0.717) is 22.3 Å². The van der Waals surface area contributed by atoms with Crippen molar-refractivity contribution in [2.45, 2.75) is 31.5 Å². The molecule has 30 heavy (non-hydrogen) atoms. The molecule has 1 aromatic heterocycles. The lowest BCUT2D eigenvalue weighted by atomic mass is 10.2. The molecular formula is C17H22F3N5O4S. The molecule has 0 spiro atoms. The number of nitrogens with zero attached hydrogens (tertiary/aromatic N) is 4. The Morgan fingerprint density at radius 1 is 1.17 bits per heavy atom. The maximum atomic E-state index is 12.8. The third-order valence-electron chi connectivity index (χ3n) is 4.36. The van der Waals surface area contributed by atoms with E-state index in [1.165, 1.54) is 28.6 Å². The Hall–Kier alpha value is -2.67. The van der Waals surface area contributed by atoms with Crippen LogP contribution >= 0.6 is 0 Å². The Bertz CT molecular complexity index is 1050. The van der Waals surface area contributed by atoms with Crippen molar-refractivity contribution in [3.05, 3.63) is 46.1 Å². The van der Waals surface area contributed by atoms with E-state index in [1.54, 1.807) is 13.8 Å². The highest BCUT2D eigenvalue weighted by Gasteiger charge is 2.37. The molecule has 9 nitrogen and oxygen atoms in total. The molecule has 0 aliphatic heterocycles.